The summed E-state index contributed by atoms with van der Waals surface area (Å²) < 4.78 is 29.1. The maximum Gasteiger partial charge on any atom is 0.284 e. The first-order valence-corrected chi connectivity index (χ1v) is 11.5. The van der Waals surface area contributed by atoms with Crippen LogP contribution in [0.3, 0.4) is 0 Å². The molecule has 0 bridgehead atoms. The van der Waals surface area contributed by atoms with Gasteiger partial charge >= 0.3 is 0 Å². The first-order valence-electron chi connectivity index (χ1n) is 8.89. The summed E-state index contributed by atoms with van der Waals surface area (Å²) in [5.74, 6) is -0.597. The SMILES string of the molecule is C=CCN1C(=O)/C(=C/c2cc([N+](=O)[O-])ccc2Cl)SC1=NS(=O)(=O)c1ccc([N+](=O)[O-])cc1. The van der Waals surface area contributed by atoms with E-state index in [1.807, 2.05) is 0 Å². The van der Waals surface area contributed by atoms with E-state index in [1.54, 1.807) is 0 Å². The molecule has 0 saturated carbocycles. The van der Waals surface area contributed by atoms with E-state index in [1.165, 1.54) is 30.4 Å². The zero-order chi connectivity index (χ0) is 24.3. The molecule has 0 aliphatic carbocycles. The van der Waals surface area contributed by atoms with Crippen LogP contribution in [0.2, 0.25) is 5.02 Å². The summed E-state index contributed by atoms with van der Waals surface area (Å²) in [4.78, 5) is 34.2. The molecular formula is C19H13ClN4O7S2. The second-order valence-corrected chi connectivity index (χ2v) is 9.40. The van der Waals surface area contributed by atoms with Gasteiger partial charge in [-0.1, -0.05) is 17.7 Å². The van der Waals surface area contributed by atoms with E-state index in [2.05, 4.69) is 11.0 Å². The van der Waals surface area contributed by atoms with Crippen LogP contribution < -0.4 is 0 Å². The van der Waals surface area contributed by atoms with E-state index in [9.17, 15) is 33.4 Å². The molecule has 0 atom stereocenters. The average molecular weight is 509 g/mol. The minimum absolute atomic E-state index is 0.0388. The molecule has 1 aliphatic heterocycles. The lowest BCUT2D eigenvalue weighted by molar-refractivity contribution is -0.385. The number of carbonyl (C=O) groups is 1. The van der Waals surface area contributed by atoms with Gasteiger partial charge in [-0.25, -0.2) is 0 Å². The van der Waals surface area contributed by atoms with Crippen LogP contribution in [-0.4, -0.2) is 40.8 Å². The van der Waals surface area contributed by atoms with Gasteiger partial charge in [0.25, 0.3) is 27.3 Å². The summed E-state index contributed by atoms with van der Waals surface area (Å²) in [5.41, 5.74) is -0.335. The van der Waals surface area contributed by atoms with Crippen LogP contribution >= 0.6 is 23.4 Å². The molecule has 0 spiro atoms. The summed E-state index contributed by atoms with van der Waals surface area (Å²) in [6.07, 6.45) is 2.68. The molecule has 3 rings (SSSR count). The average Bonchev–Trinajstić information content (AvgIpc) is 3.03. The molecule has 1 fully saturated rings. The lowest BCUT2D eigenvalue weighted by Crippen LogP contribution is -2.29. The molecule has 2 aromatic rings. The third-order valence-electron chi connectivity index (χ3n) is 4.22. The number of amidine groups is 1. The molecule has 0 unspecified atom stereocenters. The second kappa shape index (κ2) is 9.52. The highest BCUT2D eigenvalue weighted by molar-refractivity contribution is 8.19. The number of thioether (sulfide) groups is 1. The Kier molecular flexibility index (Phi) is 6.95. The molecule has 11 nitrogen and oxygen atoms in total. The number of nitro benzene ring substituents is 2. The fourth-order valence-electron chi connectivity index (χ4n) is 2.66. The van der Waals surface area contributed by atoms with Crippen LogP contribution in [0.1, 0.15) is 5.56 Å². The molecular weight excluding hydrogens is 496 g/mol. The van der Waals surface area contributed by atoms with Gasteiger partial charge in [-0.2, -0.15) is 8.42 Å². The van der Waals surface area contributed by atoms with Crippen LogP contribution in [-0.2, 0) is 14.8 Å². The standard InChI is InChI=1S/C19H13ClN4O7S2/c1-2-9-22-18(25)17(11-12-10-14(24(28)29)5-8-16(12)20)32-19(22)21-33(30,31)15-6-3-13(4-7-15)23(26)27/h2-8,10-11H,1,9H2/b17-11-,21-19?. The molecule has 1 heterocycles. The van der Waals surface area contributed by atoms with Crippen LogP contribution in [0.25, 0.3) is 6.08 Å². The normalized spacial score (nSPS) is 16.4. The van der Waals surface area contributed by atoms with Crippen molar-refractivity contribution in [1.29, 1.82) is 0 Å². The zero-order valence-electron chi connectivity index (χ0n) is 16.5. The number of nitrogens with zero attached hydrogens (tertiary/aromatic N) is 4. The number of nitro groups is 2. The summed E-state index contributed by atoms with van der Waals surface area (Å²) >= 11 is 6.83. The van der Waals surface area contributed by atoms with E-state index in [4.69, 9.17) is 11.6 Å². The zero-order valence-corrected chi connectivity index (χ0v) is 18.8. The molecule has 170 valence electrons. The molecule has 14 heteroatoms. The summed E-state index contributed by atoms with van der Waals surface area (Å²) in [7, 11) is -4.31. The van der Waals surface area contributed by atoms with Crippen LogP contribution in [0, 0.1) is 20.2 Å². The third-order valence-corrected chi connectivity index (χ3v) is 6.97. The fourth-order valence-corrected chi connectivity index (χ4v) is 5.01. The molecule has 1 aliphatic rings. The Morgan fingerprint density at radius 1 is 1.09 bits per heavy atom. The number of hydrogen-bond donors (Lipinski definition) is 0. The van der Waals surface area contributed by atoms with E-state index >= 15 is 0 Å². The van der Waals surface area contributed by atoms with Crippen LogP contribution in [0.15, 0.2) is 69.3 Å². The topological polar surface area (TPSA) is 153 Å². The fraction of sp³-hybridized carbons (Fsp3) is 0.0526. The molecule has 0 radical (unpaired) electrons. The smallest absolute Gasteiger partial charge is 0.282 e. The lowest BCUT2D eigenvalue weighted by Gasteiger charge is -2.12. The number of sulfonamides is 1. The Balaban J connectivity index is 2.01. The monoisotopic (exact) mass is 508 g/mol. The van der Waals surface area contributed by atoms with Crippen molar-refractivity contribution in [2.75, 3.05) is 6.54 Å². The highest BCUT2D eigenvalue weighted by atomic mass is 35.5. The van der Waals surface area contributed by atoms with Gasteiger partial charge < -0.3 is 0 Å². The quantitative estimate of drug-likeness (QED) is 0.235. The molecule has 33 heavy (non-hydrogen) atoms. The molecule has 1 saturated heterocycles. The Hall–Kier alpha value is -3.55. The van der Waals surface area contributed by atoms with Gasteiger partial charge in [0.15, 0.2) is 5.17 Å². The Bertz CT molecular complexity index is 1340. The van der Waals surface area contributed by atoms with Gasteiger partial charge in [0.05, 0.1) is 19.6 Å². The van der Waals surface area contributed by atoms with Gasteiger partial charge in [-0.15, -0.1) is 11.0 Å². The van der Waals surface area contributed by atoms with Gasteiger partial charge in [-0.05, 0) is 36.0 Å². The number of amides is 1. The van der Waals surface area contributed by atoms with Crippen molar-refractivity contribution in [3.63, 3.8) is 0 Å². The number of halogens is 1. The first kappa shape index (κ1) is 24.1. The summed E-state index contributed by atoms with van der Waals surface area (Å²) in [6.45, 7) is 3.49. The number of hydrogen-bond acceptors (Lipinski definition) is 8. The van der Waals surface area contributed by atoms with E-state index in [-0.39, 0.29) is 43.5 Å². The maximum atomic E-state index is 12.8. The molecule has 2 aromatic carbocycles. The number of carbonyl (C=O) groups excluding carboxylic acids is 1. The lowest BCUT2D eigenvalue weighted by atomic mass is 10.2. The second-order valence-electron chi connectivity index (χ2n) is 6.38. The van der Waals surface area contributed by atoms with Gasteiger partial charge in [0.1, 0.15) is 0 Å². The highest BCUT2D eigenvalue weighted by Crippen LogP contribution is 2.35. The van der Waals surface area contributed by atoms with E-state index in [0.717, 1.165) is 40.9 Å². The molecule has 0 N–H and O–H groups in total. The van der Waals surface area contributed by atoms with Gasteiger partial charge in [0, 0.05) is 41.4 Å². The Morgan fingerprint density at radius 2 is 1.70 bits per heavy atom. The number of rotatable bonds is 7. The highest BCUT2D eigenvalue weighted by Gasteiger charge is 2.34. The predicted molar refractivity (Wildman–Crippen MR) is 123 cm³/mol. The summed E-state index contributed by atoms with van der Waals surface area (Å²) in [5, 5.41) is 21.8. The maximum absolute atomic E-state index is 12.8. The van der Waals surface area contributed by atoms with Crippen molar-refractivity contribution >= 4 is 61.9 Å². The van der Waals surface area contributed by atoms with Crippen molar-refractivity contribution in [2.24, 2.45) is 4.40 Å². The van der Waals surface area contributed by atoms with Crippen LogP contribution in [0.4, 0.5) is 11.4 Å². The van der Waals surface area contributed by atoms with Crippen molar-refractivity contribution in [1.82, 2.24) is 4.90 Å². The van der Waals surface area contributed by atoms with E-state index in [0.29, 0.717) is 0 Å². The van der Waals surface area contributed by atoms with Crippen molar-refractivity contribution in [3.8, 4) is 0 Å². The van der Waals surface area contributed by atoms with Gasteiger partial charge in [-0.3, -0.25) is 29.9 Å². The van der Waals surface area contributed by atoms with Crippen molar-refractivity contribution in [2.45, 2.75) is 4.90 Å². The van der Waals surface area contributed by atoms with Crippen molar-refractivity contribution < 1.29 is 23.1 Å². The summed E-state index contributed by atoms with van der Waals surface area (Å²) in [6, 6.07) is 7.83. The minimum atomic E-state index is -4.31. The Morgan fingerprint density at radius 3 is 2.27 bits per heavy atom. The third kappa shape index (κ3) is 5.27. The first-order chi connectivity index (χ1) is 15.5. The van der Waals surface area contributed by atoms with Gasteiger partial charge in [0.2, 0.25) is 0 Å². The predicted octanol–water partition coefficient (Wildman–Crippen LogP) is 4.00. The number of non-ortho nitro benzene ring substituents is 2. The van der Waals surface area contributed by atoms with Crippen molar-refractivity contribution in [3.05, 3.63) is 90.8 Å². The Labute approximate surface area is 196 Å². The molecule has 1 amide bonds. The molecule has 0 aromatic heterocycles. The van der Waals surface area contributed by atoms with E-state index < -0.39 is 25.8 Å². The minimum Gasteiger partial charge on any atom is -0.282 e. The number of benzene rings is 2. The largest absolute Gasteiger partial charge is 0.284 e. The van der Waals surface area contributed by atoms with Crippen LogP contribution in [0.5, 0.6) is 0 Å².